The lowest BCUT2D eigenvalue weighted by atomic mass is 9.81. The molecule has 1 saturated carbocycles. The van der Waals surface area contributed by atoms with Crippen LogP contribution in [0.5, 0.6) is 0 Å². The summed E-state index contributed by atoms with van der Waals surface area (Å²) in [6.07, 6.45) is 7.19. The molecule has 3 N–H and O–H groups in total. The summed E-state index contributed by atoms with van der Waals surface area (Å²) in [6.45, 7) is 0.121. The van der Waals surface area contributed by atoms with E-state index in [-0.39, 0.29) is 44.2 Å². The summed E-state index contributed by atoms with van der Waals surface area (Å²) in [5.41, 5.74) is 6.46. The van der Waals surface area contributed by atoms with E-state index in [1.54, 1.807) is 6.20 Å². The molecule has 1 amide bonds. The molecular weight excluding hydrogens is 472 g/mol. The number of imidazole rings is 1. The Balaban J connectivity index is 0.000000375. The molecule has 0 aliphatic heterocycles. The van der Waals surface area contributed by atoms with Crippen molar-refractivity contribution in [3.63, 3.8) is 0 Å². The number of nitrogens with one attached hydrogen (secondary N) is 1. The summed E-state index contributed by atoms with van der Waals surface area (Å²) in [4.78, 5) is 24.6. The average Bonchev–Trinajstić information content (AvgIpc) is 3.32. The van der Waals surface area contributed by atoms with Crippen LogP contribution in [-0.4, -0.2) is 46.8 Å². The van der Waals surface area contributed by atoms with Gasteiger partial charge in [-0.2, -0.15) is 10.2 Å². The van der Waals surface area contributed by atoms with E-state index < -0.39 is 18.1 Å². The van der Waals surface area contributed by atoms with Gasteiger partial charge in [-0.15, -0.1) is 5.10 Å². The van der Waals surface area contributed by atoms with Gasteiger partial charge in [0.25, 0.3) is 5.78 Å². The number of alkyl halides is 2. The molecule has 1 aliphatic carbocycles. The smallest absolute Gasteiger partial charge is 0.408 e. The molecule has 13 heteroatoms. The zero-order valence-corrected chi connectivity index (χ0v) is 19.2. The molecule has 0 saturated heterocycles. The van der Waals surface area contributed by atoms with E-state index in [2.05, 4.69) is 35.6 Å². The van der Waals surface area contributed by atoms with Crippen LogP contribution in [0.3, 0.4) is 0 Å². The van der Waals surface area contributed by atoms with Gasteiger partial charge in [0.1, 0.15) is 6.61 Å². The number of nitrogens with two attached hydrogens (primary N) is 1. The minimum Gasteiger partial charge on any atom is -0.445 e. The molecule has 5 rings (SSSR count). The number of hydrogen-bond acceptors (Lipinski definition) is 9. The summed E-state index contributed by atoms with van der Waals surface area (Å²) in [5.74, 6) is -2.24. The van der Waals surface area contributed by atoms with E-state index in [4.69, 9.17) is 10.5 Å². The van der Waals surface area contributed by atoms with Crippen LogP contribution in [0, 0.1) is 5.92 Å². The number of anilines is 1. The standard InChI is InChI=1S/C20H21F2N5O2.C3H4N4/c21-20(22)8-6-15(7-9-20)17(16-12-27-18(25-16)23-10-11-24-27)26-19(28)29-13-14-4-2-1-3-5-14;4-3-5-1-2-6-7-3/h1-5,10-12,15,17H,6-9,13H2,(H,26,28);1-2H,(H2,4,5,7). The van der Waals surface area contributed by atoms with Crippen molar-refractivity contribution >= 4 is 17.8 Å². The number of amides is 1. The van der Waals surface area contributed by atoms with Crippen LogP contribution in [0.2, 0.25) is 0 Å². The number of aromatic nitrogens is 7. The van der Waals surface area contributed by atoms with Crippen LogP contribution >= 0.6 is 0 Å². The Morgan fingerprint density at radius 1 is 1.14 bits per heavy atom. The van der Waals surface area contributed by atoms with Gasteiger partial charge in [-0.25, -0.2) is 33.0 Å². The van der Waals surface area contributed by atoms with Gasteiger partial charge >= 0.3 is 6.09 Å². The number of rotatable bonds is 5. The molecule has 3 aromatic heterocycles. The molecule has 3 heterocycles. The van der Waals surface area contributed by atoms with Gasteiger partial charge in [-0.3, -0.25) is 0 Å². The van der Waals surface area contributed by atoms with E-state index in [0.29, 0.717) is 11.5 Å². The average molecular weight is 498 g/mol. The van der Waals surface area contributed by atoms with E-state index >= 15 is 0 Å². The molecular formula is C23H25F2N9O2. The largest absolute Gasteiger partial charge is 0.445 e. The summed E-state index contributed by atoms with van der Waals surface area (Å²) < 4.78 is 34.1. The van der Waals surface area contributed by atoms with Gasteiger partial charge in [-0.05, 0) is 24.3 Å². The Bertz CT molecular complexity index is 1220. The Morgan fingerprint density at radius 3 is 2.53 bits per heavy atom. The fraction of sp³-hybridized carbons (Fsp3) is 0.348. The van der Waals surface area contributed by atoms with Crippen LogP contribution < -0.4 is 11.1 Å². The predicted molar refractivity (Wildman–Crippen MR) is 124 cm³/mol. The Hall–Kier alpha value is -4.29. The highest BCUT2D eigenvalue weighted by Crippen LogP contribution is 2.41. The first-order chi connectivity index (χ1) is 17.4. The first-order valence-corrected chi connectivity index (χ1v) is 11.3. The third-order valence-electron chi connectivity index (χ3n) is 5.67. The number of fused-ring (bicyclic) bond motifs is 1. The minimum atomic E-state index is -2.66. The summed E-state index contributed by atoms with van der Waals surface area (Å²) in [7, 11) is 0. The highest BCUT2D eigenvalue weighted by Gasteiger charge is 2.39. The highest BCUT2D eigenvalue weighted by atomic mass is 19.3. The van der Waals surface area contributed by atoms with Gasteiger partial charge < -0.3 is 15.8 Å². The second kappa shape index (κ2) is 11.4. The SMILES string of the molecule is Nc1nccnn1.O=C(NC(c1cn2nccnc2n1)C1CCC(F)(F)CC1)OCc1ccccc1. The van der Waals surface area contributed by atoms with Crippen LogP contribution in [0.4, 0.5) is 19.5 Å². The maximum atomic E-state index is 13.6. The Morgan fingerprint density at radius 2 is 1.89 bits per heavy atom. The van der Waals surface area contributed by atoms with Crippen molar-refractivity contribution in [1.29, 1.82) is 0 Å². The van der Waals surface area contributed by atoms with Crippen molar-refractivity contribution in [1.82, 2.24) is 40.1 Å². The van der Waals surface area contributed by atoms with Gasteiger partial charge in [0, 0.05) is 12.8 Å². The molecule has 1 atom stereocenters. The summed E-state index contributed by atoms with van der Waals surface area (Å²) in [5, 5.41) is 13.8. The molecule has 11 nitrogen and oxygen atoms in total. The zero-order valence-electron chi connectivity index (χ0n) is 19.2. The number of nitrogens with zero attached hydrogens (tertiary/aromatic N) is 7. The van der Waals surface area contributed by atoms with Crippen LogP contribution in [-0.2, 0) is 11.3 Å². The van der Waals surface area contributed by atoms with Crippen molar-refractivity contribution in [2.45, 2.75) is 44.3 Å². The number of nitrogen functional groups attached to an aromatic ring is 1. The van der Waals surface area contributed by atoms with E-state index in [1.165, 1.54) is 29.3 Å². The first kappa shape index (κ1) is 24.8. The predicted octanol–water partition coefficient (Wildman–Crippen LogP) is 3.37. The lowest BCUT2D eigenvalue weighted by molar-refractivity contribution is -0.0497. The minimum absolute atomic E-state index is 0.121. The van der Waals surface area contributed by atoms with Crippen molar-refractivity contribution in [3.8, 4) is 0 Å². The molecule has 4 aromatic rings. The fourth-order valence-corrected chi connectivity index (χ4v) is 3.88. The third-order valence-corrected chi connectivity index (χ3v) is 5.67. The number of hydrogen-bond donors (Lipinski definition) is 2. The molecule has 0 spiro atoms. The quantitative estimate of drug-likeness (QED) is 0.424. The van der Waals surface area contributed by atoms with Gasteiger partial charge in [0.2, 0.25) is 11.9 Å². The van der Waals surface area contributed by atoms with Crippen LogP contribution in [0.15, 0.2) is 61.3 Å². The van der Waals surface area contributed by atoms with E-state index in [9.17, 15) is 13.6 Å². The molecule has 0 radical (unpaired) electrons. The van der Waals surface area contributed by atoms with Crippen LogP contribution in [0.1, 0.15) is 43.0 Å². The maximum absolute atomic E-state index is 13.6. The van der Waals surface area contributed by atoms with Gasteiger partial charge in [0.05, 0.1) is 42.7 Å². The number of carbonyl (C=O) groups excluding carboxylic acids is 1. The van der Waals surface area contributed by atoms with Crippen LogP contribution in [0.25, 0.3) is 5.78 Å². The van der Waals surface area contributed by atoms with Crippen molar-refractivity contribution < 1.29 is 18.3 Å². The lowest BCUT2D eigenvalue weighted by Crippen LogP contribution is -2.37. The first-order valence-electron chi connectivity index (χ1n) is 11.3. The van der Waals surface area contributed by atoms with Crippen molar-refractivity contribution in [3.05, 3.63) is 72.6 Å². The third kappa shape index (κ3) is 6.87. The Kier molecular flexibility index (Phi) is 7.88. The normalized spacial score (nSPS) is 15.9. The number of alkyl carbamates (subject to hydrolysis) is 1. The van der Waals surface area contributed by atoms with Gasteiger partial charge in [-0.1, -0.05) is 30.3 Å². The van der Waals surface area contributed by atoms with Crippen molar-refractivity contribution in [2.24, 2.45) is 5.92 Å². The topological polar surface area (TPSA) is 146 Å². The number of benzene rings is 1. The number of halogens is 2. The molecule has 1 aromatic carbocycles. The Labute approximate surface area is 205 Å². The van der Waals surface area contributed by atoms with E-state index in [0.717, 1.165) is 5.56 Å². The van der Waals surface area contributed by atoms with E-state index in [1.807, 2.05) is 30.3 Å². The second-order valence-corrected chi connectivity index (χ2v) is 8.23. The highest BCUT2D eigenvalue weighted by molar-refractivity contribution is 5.68. The molecule has 1 unspecified atom stereocenters. The fourth-order valence-electron chi connectivity index (χ4n) is 3.88. The maximum Gasteiger partial charge on any atom is 0.408 e. The molecule has 1 aliphatic rings. The van der Waals surface area contributed by atoms with Gasteiger partial charge in [0.15, 0.2) is 0 Å². The molecule has 0 bridgehead atoms. The zero-order chi connectivity index (χ0) is 25.4. The summed E-state index contributed by atoms with van der Waals surface area (Å²) >= 11 is 0. The number of ether oxygens (including phenoxy) is 1. The molecule has 188 valence electrons. The molecule has 1 fully saturated rings. The van der Waals surface area contributed by atoms with Crippen molar-refractivity contribution in [2.75, 3.05) is 5.73 Å². The monoisotopic (exact) mass is 497 g/mol. The summed E-state index contributed by atoms with van der Waals surface area (Å²) in [6, 6.07) is 8.75. The molecule has 36 heavy (non-hydrogen) atoms. The second-order valence-electron chi connectivity index (χ2n) is 8.23. The lowest BCUT2D eigenvalue weighted by Gasteiger charge is -2.33. The number of carbonyl (C=O) groups is 1.